The average molecular weight is 289 g/mol. The molecule has 0 aliphatic carbocycles. The normalized spacial score (nSPS) is 19.1. The molecule has 1 fully saturated rings. The number of hydrogen-bond acceptors (Lipinski definition) is 3. The van der Waals surface area contributed by atoms with Gasteiger partial charge in [-0.3, -0.25) is 4.90 Å². The van der Waals surface area contributed by atoms with E-state index in [1.165, 1.54) is 49.2 Å². The zero-order valence-electron chi connectivity index (χ0n) is 14.1. The third-order valence-corrected chi connectivity index (χ3v) is 5.17. The molecule has 2 N–H and O–H groups in total. The Bertz CT molecular complexity index is 430. The summed E-state index contributed by atoms with van der Waals surface area (Å²) >= 11 is 0. The summed E-state index contributed by atoms with van der Waals surface area (Å²) in [5.41, 5.74) is 10.3. The molecule has 1 aromatic rings. The molecule has 3 nitrogen and oxygen atoms in total. The van der Waals surface area contributed by atoms with Crippen molar-refractivity contribution in [3.63, 3.8) is 0 Å². The zero-order chi connectivity index (χ0) is 15.4. The largest absolute Gasteiger partial charge is 0.329 e. The molecule has 0 radical (unpaired) electrons. The molecule has 0 bridgehead atoms. The molecular weight excluding hydrogens is 258 g/mol. The topological polar surface area (TPSA) is 32.5 Å². The highest BCUT2D eigenvalue weighted by Crippen LogP contribution is 2.29. The SMILES string of the molecule is CCN1CCC(N(C)C(CN)c2c(C)cccc2C)CC1. The van der Waals surface area contributed by atoms with E-state index < -0.39 is 0 Å². The summed E-state index contributed by atoms with van der Waals surface area (Å²) in [6.07, 6.45) is 2.51. The highest BCUT2D eigenvalue weighted by molar-refractivity contribution is 5.36. The smallest absolute Gasteiger partial charge is 0.0475 e. The maximum Gasteiger partial charge on any atom is 0.0475 e. The third-order valence-electron chi connectivity index (χ3n) is 5.17. The van der Waals surface area contributed by atoms with Gasteiger partial charge in [-0.25, -0.2) is 0 Å². The second-order valence-corrected chi connectivity index (χ2v) is 6.39. The van der Waals surface area contributed by atoms with Gasteiger partial charge >= 0.3 is 0 Å². The van der Waals surface area contributed by atoms with Crippen LogP contribution in [0.2, 0.25) is 0 Å². The predicted octanol–water partition coefficient (Wildman–Crippen LogP) is 2.72. The number of aryl methyl sites for hydroxylation is 2. The molecule has 0 spiro atoms. The molecule has 2 rings (SSSR count). The summed E-state index contributed by atoms with van der Waals surface area (Å²) in [6, 6.07) is 7.54. The van der Waals surface area contributed by atoms with Crippen molar-refractivity contribution in [3.8, 4) is 0 Å². The monoisotopic (exact) mass is 289 g/mol. The Balaban J connectivity index is 2.14. The predicted molar refractivity (Wildman–Crippen MR) is 90.6 cm³/mol. The quantitative estimate of drug-likeness (QED) is 0.904. The van der Waals surface area contributed by atoms with Gasteiger partial charge in [-0.1, -0.05) is 25.1 Å². The van der Waals surface area contributed by atoms with Crippen molar-refractivity contribution in [2.45, 2.75) is 45.7 Å². The van der Waals surface area contributed by atoms with Crippen LogP contribution in [0.15, 0.2) is 18.2 Å². The van der Waals surface area contributed by atoms with Gasteiger partial charge in [0.2, 0.25) is 0 Å². The fraction of sp³-hybridized carbons (Fsp3) is 0.667. The Morgan fingerprint density at radius 1 is 1.24 bits per heavy atom. The van der Waals surface area contributed by atoms with E-state index in [9.17, 15) is 0 Å². The molecule has 1 heterocycles. The Hall–Kier alpha value is -0.900. The molecule has 118 valence electrons. The van der Waals surface area contributed by atoms with E-state index in [2.05, 4.69) is 55.8 Å². The summed E-state index contributed by atoms with van der Waals surface area (Å²) in [7, 11) is 2.26. The Kier molecular flexibility index (Phi) is 5.80. The maximum absolute atomic E-state index is 6.15. The Labute approximate surface area is 130 Å². The standard InChI is InChI=1S/C18H31N3/c1-5-21-11-9-16(10-12-21)20(4)17(13-19)18-14(2)7-6-8-15(18)3/h6-8,16-17H,5,9-13,19H2,1-4H3. The van der Waals surface area contributed by atoms with Crippen LogP contribution >= 0.6 is 0 Å². The van der Waals surface area contributed by atoms with Gasteiger partial charge in [-0.05, 0) is 70.1 Å². The van der Waals surface area contributed by atoms with Gasteiger partial charge in [0.05, 0.1) is 0 Å². The number of nitrogens with two attached hydrogens (primary N) is 1. The van der Waals surface area contributed by atoms with Crippen molar-refractivity contribution in [2.24, 2.45) is 5.73 Å². The van der Waals surface area contributed by atoms with Crippen LogP contribution in [0, 0.1) is 13.8 Å². The van der Waals surface area contributed by atoms with E-state index in [0.717, 1.165) is 0 Å². The fourth-order valence-electron chi connectivity index (χ4n) is 3.74. The van der Waals surface area contributed by atoms with Crippen LogP contribution < -0.4 is 5.73 Å². The zero-order valence-corrected chi connectivity index (χ0v) is 14.1. The second kappa shape index (κ2) is 7.39. The van der Waals surface area contributed by atoms with Crippen LogP contribution in [-0.4, -0.2) is 49.1 Å². The fourth-order valence-corrected chi connectivity index (χ4v) is 3.74. The minimum atomic E-state index is 0.337. The molecular formula is C18H31N3. The number of likely N-dealkylation sites (tertiary alicyclic amines) is 1. The molecule has 0 amide bonds. The lowest BCUT2D eigenvalue weighted by Gasteiger charge is -2.40. The van der Waals surface area contributed by atoms with Crippen molar-refractivity contribution < 1.29 is 0 Å². The third kappa shape index (κ3) is 3.65. The molecule has 21 heavy (non-hydrogen) atoms. The lowest BCUT2D eigenvalue weighted by molar-refractivity contribution is 0.100. The van der Waals surface area contributed by atoms with Crippen LogP contribution in [0.4, 0.5) is 0 Å². The number of benzene rings is 1. The molecule has 1 aromatic carbocycles. The van der Waals surface area contributed by atoms with Gasteiger partial charge in [-0.15, -0.1) is 0 Å². The second-order valence-electron chi connectivity index (χ2n) is 6.39. The number of piperidine rings is 1. The molecule has 1 aliphatic rings. The lowest BCUT2D eigenvalue weighted by Crippen LogP contribution is -2.46. The first-order valence-corrected chi connectivity index (χ1v) is 8.29. The summed E-state index contributed by atoms with van der Waals surface area (Å²) < 4.78 is 0. The first-order valence-electron chi connectivity index (χ1n) is 8.29. The summed E-state index contributed by atoms with van der Waals surface area (Å²) in [5.74, 6) is 0. The molecule has 1 aliphatic heterocycles. The van der Waals surface area contributed by atoms with E-state index in [4.69, 9.17) is 5.73 Å². The van der Waals surface area contributed by atoms with Crippen LogP contribution in [0.1, 0.15) is 42.5 Å². The summed E-state index contributed by atoms with van der Waals surface area (Å²) in [5, 5.41) is 0. The maximum atomic E-state index is 6.15. The van der Waals surface area contributed by atoms with Gasteiger partial charge in [0.15, 0.2) is 0 Å². The summed E-state index contributed by atoms with van der Waals surface area (Å²) in [6.45, 7) is 11.0. The number of likely N-dealkylation sites (N-methyl/N-ethyl adjacent to an activating group) is 1. The van der Waals surface area contributed by atoms with Gasteiger partial charge in [0.25, 0.3) is 0 Å². The van der Waals surface area contributed by atoms with E-state index in [1.54, 1.807) is 0 Å². The Morgan fingerprint density at radius 3 is 2.29 bits per heavy atom. The van der Waals surface area contributed by atoms with Crippen LogP contribution in [0.25, 0.3) is 0 Å². The first kappa shape index (κ1) is 16.5. The highest BCUT2D eigenvalue weighted by atomic mass is 15.2. The molecule has 0 aromatic heterocycles. The number of nitrogens with zero attached hydrogens (tertiary/aromatic N) is 2. The van der Waals surface area contributed by atoms with E-state index in [0.29, 0.717) is 18.6 Å². The van der Waals surface area contributed by atoms with Gasteiger partial charge in [-0.2, -0.15) is 0 Å². The van der Waals surface area contributed by atoms with E-state index >= 15 is 0 Å². The molecule has 1 atom stereocenters. The Morgan fingerprint density at radius 2 is 1.81 bits per heavy atom. The number of hydrogen-bond donors (Lipinski definition) is 1. The molecule has 1 unspecified atom stereocenters. The van der Waals surface area contributed by atoms with Crippen LogP contribution in [0.3, 0.4) is 0 Å². The van der Waals surface area contributed by atoms with Crippen molar-refractivity contribution >= 4 is 0 Å². The first-order chi connectivity index (χ1) is 10.1. The van der Waals surface area contributed by atoms with Crippen molar-refractivity contribution in [1.29, 1.82) is 0 Å². The van der Waals surface area contributed by atoms with Crippen molar-refractivity contribution in [1.82, 2.24) is 9.80 Å². The lowest BCUT2D eigenvalue weighted by atomic mass is 9.92. The molecule has 1 saturated heterocycles. The van der Waals surface area contributed by atoms with E-state index in [-0.39, 0.29) is 0 Å². The van der Waals surface area contributed by atoms with Crippen LogP contribution in [0.5, 0.6) is 0 Å². The van der Waals surface area contributed by atoms with Gasteiger partial charge in [0, 0.05) is 18.6 Å². The van der Waals surface area contributed by atoms with Gasteiger partial charge in [0.1, 0.15) is 0 Å². The number of rotatable bonds is 5. The minimum Gasteiger partial charge on any atom is -0.329 e. The minimum absolute atomic E-state index is 0.337. The molecule has 0 saturated carbocycles. The van der Waals surface area contributed by atoms with Crippen molar-refractivity contribution in [3.05, 3.63) is 34.9 Å². The highest BCUT2D eigenvalue weighted by Gasteiger charge is 2.28. The van der Waals surface area contributed by atoms with Crippen molar-refractivity contribution in [2.75, 3.05) is 33.2 Å². The van der Waals surface area contributed by atoms with Gasteiger partial charge < -0.3 is 10.6 Å². The van der Waals surface area contributed by atoms with Crippen LogP contribution in [-0.2, 0) is 0 Å². The average Bonchev–Trinajstić information content (AvgIpc) is 2.50. The molecule has 3 heteroatoms. The summed E-state index contributed by atoms with van der Waals surface area (Å²) in [4.78, 5) is 5.07. The van der Waals surface area contributed by atoms with E-state index in [1.807, 2.05) is 0 Å².